The summed E-state index contributed by atoms with van der Waals surface area (Å²) in [7, 11) is 1.71. The second-order valence-corrected chi connectivity index (χ2v) is 5.45. The molecule has 19 heavy (non-hydrogen) atoms. The Labute approximate surface area is 111 Å². The summed E-state index contributed by atoms with van der Waals surface area (Å²) >= 11 is 0. The van der Waals surface area contributed by atoms with Gasteiger partial charge in [-0.15, -0.1) is 0 Å². The number of aromatic nitrogens is 2. The lowest BCUT2D eigenvalue weighted by Crippen LogP contribution is -2.56. The Bertz CT molecular complexity index is 497. The van der Waals surface area contributed by atoms with Crippen molar-refractivity contribution in [1.82, 2.24) is 15.1 Å². The zero-order valence-electron chi connectivity index (χ0n) is 11.2. The first-order valence-electron chi connectivity index (χ1n) is 6.47. The van der Waals surface area contributed by atoms with Gasteiger partial charge in [-0.05, 0) is 18.8 Å². The summed E-state index contributed by atoms with van der Waals surface area (Å²) < 4.78 is 1.52. The van der Waals surface area contributed by atoms with Gasteiger partial charge in [0.2, 0.25) is 0 Å². The summed E-state index contributed by atoms with van der Waals surface area (Å²) in [5, 5.41) is 16.1. The topological polar surface area (TPSA) is 84.2 Å². The van der Waals surface area contributed by atoms with E-state index in [9.17, 15) is 14.7 Å². The molecule has 1 amide bonds. The molecule has 0 bridgehead atoms. The first-order valence-corrected chi connectivity index (χ1v) is 6.47. The van der Waals surface area contributed by atoms with E-state index in [-0.39, 0.29) is 5.91 Å². The summed E-state index contributed by atoms with van der Waals surface area (Å²) in [6, 6.07) is 0. The first kappa shape index (κ1) is 13.6. The van der Waals surface area contributed by atoms with E-state index in [0.29, 0.717) is 24.3 Å². The molecule has 0 aliphatic heterocycles. The number of rotatable bonds is 3. The van der Waals surface area contributed by atoms with E-state index < -0.39 is 11.5 Å². The number of carboxylic acid groups (broad SMARTS) is 1. The van der Waals surface area contributed by atoms with Crippen LogP contribution in [0.5, 0.6) is 0 Å². The third-order valence-electron chi connectivity index (χ3n) is 3.73. The van der Waals surface area contributed by atoms with E-state index in [1.807, 2.05) is 6.92 Å². The summed E-state index contributed by atoms with van der Waals surface area (Å²) in [4.78, 5) is 23.7. The van der Waals surface area contributed by atoms with Crippen molar-refractivity contribution in [3.8, 4) is 0 Å². The van der Waals surface area contributed by atoms with Crippen molar-refractivity contribution in [2.24, 2.45) is 13.0 Å². The number of aliphatic carboxylic acids is 1. The fraction of sp³-hybridized carbons (Fsp3) is 0.615. The Morgan fingerprint density at radius 3 is 2.84 bits per heavy atom. The number of hydrogen-bond donors (Lipinski definition) is 2. The highest BCUT2D eigenvalue weighted by Gasteiger charge is 2.43. The molecule has 104 valence electrons. The molecule has 2 unspecified atom stereocenters. The third-order valence-corrected chi connectivity index (χ3v) is 3.73. The molecule has 6 nitrogen and oxygen atoms in total. The minimum absolute atomic E-state index is 0.305. The highest BCUT2D eigenvalue weighted by Crippen LogP contribution is 2.32. The Morgan fingerprint density at radius 2 is 2.32 bits per heavy atom. The lowest BCUT2D eigenvalue weighted by molar-refractivity contribution is -0.146. The molecule has 1 aromatic rings. The van der Waals surface area contributed by atoms with Crippen LogP contribution in [-0.4, -0.2) is 32.3 Å². The molecular weight excluding hydrogens is 246 g/mol. The van der Waals surface area contributed by atoms with Crippen molar-refractivity contribution in [3.63, 3.8) is 0 Å². The molecular formula is C13H19N3O3. The summed E-state index contributed by atoms with van der Waals surface area (Å²) in [5.74, 6) is -1.01. The third kappa shape index (κ3) is 2.77. The van der Waals surface area contributed by atoms with E-state index in [1.54, 1.807) is 13.2 Å². The van der Waals surface area contributed by atoms with Gasteiger partial charge in [0.1, 0.15) is 5.54 Å². The predicted molar refractivity (Wildman–Crippen MR) is 68.7 cm³/mol. The molecule has 1 aliphatic rings. The predicted octanol–water partition coefficient (Wildman–Crippen LogP) is 1.18. The number of carbonyl (C=O) groups is 2. The number of carboxylic acids is 1. The van der Waals surface area contributed by atoms with E-state index in [2.05, 4.69) is 10.4 Å². The Hall–Kier alpha value is -1.85. The number of carbonyl (C=O) groups excluding carboxylic acids is 1. The SMILES string of the molecule is CC1CCCC(NC(=O)c2cnn(C)c2)(C(=O)O)C1. The number of nitrogens with one attached hydrogen (secondary N) is 1. The van der Waals surface area contributed by atoms with Crippen LogP contribution in [0.15, 0.2) is 12.4 Å². The quantitative estimate of drug-likeness (QED) is 0.859. The van der Waals surface area contributed by atoms with Crippen molar-refractivity contribution in [2.45, 2.75) is 38.1 Å². The molecule has 1 aliphatic carbocycles. The average molecular weight is 265 g/mol. The Morgan fingerprint density at radius 1 is 1.58 bits per heavy atom. The van der Waals surface area contributed by atoms with Crippen LogP contribution in [-0.2, 0) is 11.8 Å². The van der Waals surface area contributed by atoms with Crippen LogP contribution in [0, 0.1) is 5.92 Å². The molecule has 1 heterocycles. The molecule has 0 saturated heterocycles. The molecule has 1 saturated carbocycles. The van der Waals surface area contributed by atoms with Crippen LogP contribution in [0.25, 0.3) is 0 Å². The van der Waals surface area contributed by atoms with Crippen molar-refractivity contribution in [2.75, 3.05) is 0 Å². The van der Waals surface area contributed by atoms with Crippen molar-refractivity contribution < 1.29 is 14.7 Å². The smallest absolute Gasteiger partial charge is 0.329 e. The van der Waals surface area contributed by atoms with Crippen LogP contribution < -0.4 is 5.32 Å². The molecule has 1 aromatic heterocycles. The lowest BCUT2D eigenvalue weighted by Gasteiger charge is -2.36. The van der Waals surface area contributed by atoms with Gasteiger partial charge in [0, 0.05) is 13.2 Å². The van der Waals surface area contributed by atoms with Gasteiger partial charge in [0.25, 0.3) is 5.91 Å². The molecule has 2 rings (SSSR count). The van der Waals surface area contributed by atoms with Crippen LogP contribution in [0.2, 0.25) is 0 Å². The van der Waals surface area contributed by atoms with E-state index >= 15 is 0 Å². The second kappa shape index (κ2) is 5.03. The number of aryl methyl sites for hydroxylation is 1. The maximum absolute atomic E-state index is 12.1. The van der Waals surface area contributed by atoms with Gasteiger partial charge in [0.05, 0.1) is 11.8 Å². The van der Waals surface area contributed by atoms with Gasteiger partial charge in [0.15, 0.2) is 0 Å². The van der Waals surface area contributed by atoms with Gasteiger partial charge < -0.3 is 10.4 Å². The van der Waals surface area contributed by atoms with E-state index in [4.69, 9.17) is 0 Å². The van der Waals surface area contributed by atoms with Gasteiger partial charge in [-0.25, -0.2) is 4.79 Å². The molecule has 0 radical (unpaired) electrons. The van der Waals surface area contributed by atoms with Gasteiger partial charge >= 0.3 is 5.97 Å². The monoisotopic (exact) mass is 265 g/mol. The number of hydrogen-bond acceptors (Lipinski definition) is 3. The van der Waals surface area contributed by atoms with E-state index in [1.165, 1.54) is 10.9 Å². The molecule has 2 atom stereocenters. The van der Waals surface area contributed by atoms with Crippen molar-refractivity contribution in [1.29, 1.82) is 0 Å². The zero-order valence-corrected chi connectivity index (χ0v) is 11.2. The largest absolute Gasteiger partial charge is 0.480 e. The highest BCUT2D eigenvalue weighted by molar-refractivity contribution is 5.97. The maximum Gasteiger partial charge on any atom is 0.329 e. The average Bonchev–Trinajstić information content (AvgIpc) is 2.75. The molecule has 2 N–H and O–H groups in total. The molecule has 1 fully saturated rings. The molecule has 6 heteroatoms. The minimum Gasteiger partial charge on any atom is -0.480 e. The van der Waals surface area contributed by atoms with Gasteiger partial charge in [-0.1, -0.05) is 19.8 Å². The van der Waals surface area contributed by atoms with E-state index in [0.717, 1.165) is 12.8 Å². The highest BCUT2D eigenvalue weighted by atomic mass is 16.4. The van der Waals surface area contributed by atoms with Crippen molar-refractivity contribution >= 4 is 11.9 Å². The first-order chi connectivity index (χ1) is 8.93. The Balaban J connectivity index is 2.17. The van der Waals surface area contributed by atoms with Crippen LogP contribution in [0.3, 0.4) is 0 Å². The fourth-order valence-corrected chi connectivity index (χ4v) is 2.74. The lowest BCUT2D eigenvalue weighted by atomic mass is 9.76. The Kier molecular flexibility index (Phi) is 3.59. The maximum atomic E-state index is 12.1. The molecule has 0 spiro atoms. The fourth-order valence-electron chi connectivity index (χ4n) is 2.74. The standard InChI is InChI=1S/C13H19N3O3/c1-9-4-3-5-13(6-9,12(18)19)15-11(17)10-7-14-16(2)8-10/h7-9H,3-6H2,1-2H3,(H,15,17)(H,18,19). The summed E-state index contributed by atoms with van der Waals surface area (Å²) in [6.07, 6.45) is 5.82. The van der Waals surface area contributed by atoms with Crippen LogP contribution in [0.4, 0.5) is 0 Å². The van der Waals surface area contributed by atoms with Gasteiger partial charge in [-0.3, -0.25) is 9.48 Å². The van der Waals surface area contributed by atoms with Crippen LogP contribution >= 0.6 is 0 Å². The second-order valence-electron chi connectivity index (χ2n) is 5.45. The minimum atomic E-state index is -1.13. The van der Waals surface area contributed by atoms with Crippen LogP contribution in [0.1, 0.15) is 43.0 Å². The number of nitrogens with zero attached hydrogens (tertiary/aromatic N) is 2. The van der Waals surface area contributed by atoms with Crippen molar-refractivity contribution in [3.05, 3.63) is 18.0 Å². The van der Waals surface area contributed by atoms with Gasteiger partial charge in [-0.2, -0.15) is 5.10 Å². The normalized spacial score (nSPS) is 26.9. The number of amides is 1. The molecule has 0 aromatic carbocycles. The summed E-state index contributed by atoms with van der Waals surface area (Å²) in [5.41, 5.74) is -0.744. The summed E-state index contributed by atoms with van der Waals surface area (Å²) in [6.45, 7) is 2.02. The zero-order chi connectivity index (χ0) is 14.0.